The molecule has 1 amide bonds. The van der Waals surface area contributed by atoms with Crippen LogP contribution in [0.3, 0.4) is 0 Å². The van der Waals surface area contributed by atoms with Gasteiger partial charge in [0.1, 0.15) is 0 Å². The summed E-state index contributed by atoms with van der Waals surface area (Å²) in [5, 5.41) is 2.31. The maximum Gasteiger partial charge on any atom is 0.226 e. The summed E-state index contributed by atoms with van der Waals surface area (Å²) in [5.74, 6) is 1.59. The average molecular weight is 292 g/mol. The van der Waals surface area contributed by atoms with Crippen LogP contribution in [0.25, 0.3) is 10.8 Å². The first-order valence-corrected chi connectivity index (χ1v) is 7.97. The Morgan fingerprint density at radius 2 is 2.18 bits per heavy atom. The molecule has 0 N–H and O–H groups in total. The van der Waals surface area contributed by atoms with Gasteiger partial charge in [0.05, 0.1) is 0 Å². The summed E-state index contributed by atoms with van der Waals surface area (Å²) in [7, 11) is 1.93. The number of allylic oxidation sites excluding steroid dienone is 2. The third kappa shape index (κ3) is 2.21. The molecule has 4 rings (SSSR count). The Bertz CT molecular complexity index is 747. The fourth-order valence-electron chi connectivity index (χ4n) is 4.01. The number of aromatic nitrogens is 1. The summed E-state index contributed by atoms with van der Waals surface area (Å²) in [4.78, 5) is 18.8. The lowest BCUT2D eigenvalue weighted by atomic mass is 9.92. The molecular formula is C19H20N2O. The Labute approximate surface area is 130 Å². The highest BCUT2D eigenvalue weighted by Gasteiger charge is 2.40. The highest BCUT2D eigenvalue weighted by atomic mass is 16.2. The van der Waals surface area contributed by atoms with Gasteiger partial charge in [0.2, 0.25) is 5.91 Å². The zero-order chi connectivity index (χ0) is 15.1. The van der Waals surface area contributed by atoms with Gasteiger partial charge in [0, 0.05) is 37.3 Å². The first kappa shape index (κ1) is 13.5. The highest BCUT2D eigenvalue weighted by Crippen LogP contribution is 2.44. The summed E-state index contributed by atoms with van der Waals surface area (Å²) in [5.41, 5.74) is 1.19. The molecule has 1 fully saturated rings. The van der Waals surface area contributed by atoms with E-state index >= 15 is 0 Å². The molecule has 3 heteroatoms. The van der Waals surface area contributed by atoms with Gasteiger partial charge in [-0.05, 0) is 41.7 Å². The number of fused-ring (bicyclic) bond motifs is 3. The van der Waals surface area contributed by atoms with Crippen molar-refractivity contribution in [2.75, 3.05) is 7.05 Å². The lowest BCUT2D eigenvalue weighted by molar-refractivity contribution is -0.135. The molecule has 0 spiro atoms. The molecule has 1 aromatic heterocycles. The smallest absolute Gasteiger partial charge is 0.226 e. The average Bonchev–Trinajstić information content (AvgIpc) is 3.17. The summed E-state index contributed by atoms with van der Waals surface area (Å²) in [6.07, 6.45) is 10.4. The van der Waals surface area contributed by atoms with Crippen molar-refractivity contribution in [3.05, 3.63) is 54.4 Å². The number of carbonyl (C=O) groups is 1. The van der Waals surface area contributed by atoms with Crippen molar-refractivity contribution in [1.82, 2.24) is 9.88 Å². The van der Waals surface area contributed by atoms with Crippen LogP contribution in [-0.4, -0.2) is 22.8 Å². The molecule has 1 saturated carbocycles. The number of nitrogens with zero attached hydrogens (tertiary/aromatic N) is 2. The monoisotopic (exact) mass is 292 g/mol. The van der Waals surface area contributed by atoms with Gasteiger partial charge in [0.15, 0.2) is 0 Å². The molecule has 0 unspecified atom stereocenters. The normalized spacial score (nSPS) is 25.8. The summed E-state index contributed by atoms with van der Waals surface area (Å²) < 4.78 is 0. The van der Waals surface area contributed by atoms with Crippen LogP contribution in [0.4, 0.5) is 0 Å². The second-order valence-corrected chi connectivity index (χ2v) is 6.59. The molecule has 2 bridgehead atoms. The van der Waals surface area contributed by atoms with Gasteiger partial charge < -0.3 is 4.90 Å². The van der Waals surface area contributed by atoms with Gasteiger partial charge in [-0.2, -0.15) is 0 Å². The van der Waals surface area contributed by atoms with Gasteiger partial charge in [-0.1, -0.05) is 30.4 Å². The van der Waals surface area contributed by atoms with E-state index < -0.39 is 0 Å². The van der Waals surface area contributed by atoms with Crippen molar-refractivity contribution in [3.8, 4) is 0 Å². The minimum Gasteiger partial charge on any atom is -0.341 e. The number of benzene rings is 1. The number of carbonyl (C=O) groups excluding carboxylic acids is 1. The molecular weight excluding hydrogens is 272 g/mol. The number of hydrogen-bond acceptors (Lipinski definition) is 2. The molecule has 1 aromatic carbocycles. The van der Waals surface area contributed by atoms with Crippen molar-refractivity contribution in [2.24, 2.45) is 17.8 Å². The Kier molecular flexibility index (Phi) is 3.21. The van der Waals surface area contributed by atoms with Gasteiger partial charge in [-0.3, -0.25) is 9.78 Å². The second-order valence-electron chi connectivity index (χ2n) is 6.59. The van der Waals surface area contributed by atoms with Crippen LogP contribution in [0.1, 0.15) is 18.4 Å². The van der Waals surface area contributed by atoms with Crippen molar-refractivity contribution < 1.29 is 4.79 Å². The van der Waals surface area contributed by atoms with Gasteiger partial charge in [-0.15, -0.1) is 0 Å². The molecule has 3 atom stereocenters. The van der Waals surface area contributed by atoms with E-state index in [1.54, 1.807) is 0 Å². The summed E-state index contributed by atoms with van der Waals surface area (Å²) >= 11 is 0. The topological polar surface area (TPSA) is 33.2 Å². The lowest BCUT2D eigenvalue weighted by Gasteiger charge is -2.25. The van der Waals surface area contributed by atoms with E-state index in [9.17, 15) is 4.79 Å². The zero-order valence-electron chi connectivity index (χ0n) is 12.8. The van der Waals surface area contributed by atoms with Crippen molar-refractivity contribution >= 4 is 16.7 Å². The molecule has 22 heavy (non-hydrogen) atoms. The molecule has 1 heterocycles. The Balaban J connectivity index is 1.55. The first-order chi connectivity index (χ1) is 10.7. The van der Waals surface area contributed by atoms with E-state index in [-0.39, 0.29) is 5.92 Å². The van der Waals surface area contributed by atoms with Crippen LogP contribution in [0, 0.1) is 17.8 Å². The quantitative estimate of drug-likeness (QED) is 0.812. The zero-order valence-corrected chi connectivity index (χ0v) is 12.8. The Hall–Kier alpha value is -2.16. The number of hydrogen-bond donors (Lipinski definition) is 0. The fourth-order valence-corrected chi connectivity index (χ4v) is 4.01. The third-order valence-electron chi connectivity index (χ3n) is 5.15. The number of rotatable bonds is 3. The molecule has 0 aliphatic heterocycles. The molecule has 3 nitrogen and oxygen atoms in total. The van der Waals surface area contributed by atoms with Crippen molar-refractivity contribution in [3.63, 3.8) is 0 Å². The maximum absolute atomic E-state index is 12.8. The second kappa shape index (κ2) is 5.24. The van der Waals surface area contributed by atoms with Crippen LogP contribution in [-0.2, 0) is 11.3 Å². The largest absolute Gasteiger partial charge is 0.341 e. The van der Waals surface area contributed by atoms with Crippen LogP contribution < -0.4 is 0 Å². The van der Waals surface area contributed by atoms with Crippen molar-refractivity contribution in [1.29, 1.82) is 0 Å². The standard InChI is InChI=1S/C19H20N2O/c1-21(19(22)18-10-13-5-6-14(18)9-13)12-16-4-2-3-15-11-20-8-7-17(15)16/h2-8,11,13-14,18H,9-10,12H2,1H3/t13-,14+,18-/m1/s1. The summed E-state index contributed by atoms with van der Waals surface area (Å²) in [6, 6.07) is 8.24. The van der Waals surface area contributed by atoms with E-state index in [1.165, 1.54) is 17.4 Å². The summed E-state index contributed by atoms with van der Waals surface area (Å²) in [6.45, 7) is 0.664. The van der Waals surface area contributed by atoms with E-state index in [0.29, 0.717) is 24.3 Å². The van der Waals surface area contributed by atoms with Crippen LogP contribution in [0.5, 0.6) is 0 Å². The minimum atomic E-state index is 0.191. The predicted molar refractivity (Wildman–Crippen MR) is 87.1 cm³/mol. The first-order valence-electron chi connectivity index (χ1n) is 7.97. The van der Waals surface area contributed by atoms with Crippen LogP contribution >= 0.6 is 0 Å². The Morgan fingerprint density at radius 3 is 2.95 bits per heavy atom. The van der Waals surface area contributed by atoms with Crippen LogP contribution in [0.2, 0.25) is 0 Å². The number of amides is 1. The fraction of sp³-hybridized carbons (Fsp3) is 0.368. The molecule has 2 aliphatic rings. The van der Waals surface area contributed by atoms with E-state index in [0.717, 1.165) is 11.8 Å². The van der Waals surface area contributed by atoms with E-state index in [2.05, 4.69) is 29.3 Å². The van der Waals surface area contributed by atoms with Crippen molar-refractivity contribution in [2.45, 2.75) is 19.4 Å². The minimum absolute atomic E-state index is 0.191. The predicted octanol–water partition coefficient (Wildman–Crippen LogP) is 3.41. The maximum atomic E-state index is 12.8. The Morgan fingerprint density at radius 1 is 1.27 bits per heavy atom. The lowest BCUT2D eigenvalue weighted by Crippen LogP contribution is -2.34. The van der Waals surface area contributed by atoms with E-state index in [4.69, 9.17) is 0 Å². The third-order valence-corrected chi connectivity index (χ3v) is 5.15. The highest BCUT2D eigenvalue weighted by molar-refractivity contribution is 5.85. The van der Waals surface area contributed by atoms with Gasteiger partial charge in [0.25, 0.3) is 0 Å². The number of pyridine rings is 1. The molecule has 0 saturated heterocycles. The molecule has 0 radical (unpaired) electrons. The van der Waals surface area contributed by atoms with Gasteiger partial charge in [-0.25, -0.2) is 0 Å². The molecule has 112 valence electrons. The molecule has 2 aromatic rings. The van der Waals surface area contributed by atoms with E-state index in [1.807, 2.05) is 36.5 Å². The molecule has 2 aliphatic carbocycles. The van der Waals surface area contributed by atoms with Crippen LogP contribution in [0.15, 0.2) is 48.8 Å². The SMILES string of the molecule is CN(Cc1cccc2cnccc12)C(=O)[C@@H]1C[C@@H]2C=C[C@H]1C2. The van der Waals surface area contributed by atoms with Gasteiger partial charge >= 0.3 is 0 Å².